The third-order valence-electron chi connectivity index (χ3n) is 6.25. The van der Waals surface area contributed by atoms with E-state index in [1.54, 1.807) is 18.7 Å². The highest BCUT2D eigenvalue weighted by Crippen LogP contribution is 2.24. The number of aromatic amines is 1. The first-order valence-electron chi connectivity index (χ1n) is 10.9. The second-order valence-corrected chi connectivity index (χ2v) is 8.36. The first-order valence-corrected chi connectivity index (χ1v) is 10.9. The summed E-state index contributed by atoms with van der Waals surface area (Å²) in [5.41, 5.74) is 3.46. The fourth-order valence-corrected chi connectivity index (χ4v) is 4.53. The molecule has 0 spiro atoms. The highest BCUT2D eigenvalue weighted by molar-refractivity contribution is 6.00. The van der Waals surface area contributed by atoms with Crippen molar-refractivity contribution in [3.8, 4) is 0 Å². The summed E-state index contributed by atoms with van der Waals surface area (Å²) in [5, 5.41) is 3.06. The average Bonchev–Trinajstić information content (AvgIpc) is 3.07. The normalized spacial score (nSPS) is 19.2. The zero-order valence-electron chi connectivity index (χ0n) is 18.3. The Balaban J connectivity index is 1.59. The zero-order valence-corrected chi connectivity index (χ0v) is 18.3. The van der Waals surface area contributed by atoms with Crippen LogP contribution >= 0.6 is 0 Å². The largest absolute Gasteiger partial charge is 0.465 e. The van der Waals surface area contributed by atoms with Crippen LogP contribution in [0.25, 0.3) is 0 Å². The van der Waals surface area contributed by atoms with Gasteiger partial charge in [0.2, 0.25) is 5.91 Å². The molecular formula is C23H33N3O4. The second-order valence-electron chi connectivity index (χ2n) is 8.36. The molecule has 0 radical (unpaired) electrons. The number of hydrogen-bond acceptors (Lipinski definition) is 4. The van der Waals surface area contributed by atoms with Crippen LogP contribution in [0.15, 0.2) is 11.6 Å². The molecule has 1 aliphatic heterocycles. The quantitative estimate of drug-likeness (QED) is 0.551. The van der Waals surface area contributed by atoms with Crippen molar-refractivity contribution in [1.82, 2.24) is 15.2 Å². The van der Waals surface area contributed by atoms with E-state index in [4.69, 9.17) is 4.74 Å². The summed E-state index contributed by atoms with van der Waals surface area (Å²) in [5.74, 6) is -0.794. The van der Waals surface area contributed by atoms with Crippen LogP contribution in [0.2, 0.25) is 0 Å². The second kappa shape index (κ2) is 9.96. The number of aryl methyl sites for hydroxylation is 1. The zero-order chi connectivity index (χ0) is 21.7. The third-order valence-corrected chi connectivity index (χ3v) is 6.25. The van der Waals surface area contributed by atoms with Gasteiger partial charge in [0.05, 0.1) is 18.6 Å². The summed E-state index contributed by atoms with van der Waals surface area (Å²) in [6, 6.07) is 0. The number of H-pyrrole nitrogens is 1. The number of likely N-dealkylation sites (tertiary alicyclic amines) is 1. The number of esters is 1. The molecule has 1 fully saturated rings. The van der Waals surface area contributed by atoms with Crippen molar-refractivity contribution in [1.29, 1.82) is 0 Å². The molecule has 3 rings (SSSR count). The summed E-state index contributed by atoms with van der Waals surface area (Å²) in [4.78, 5) is 42.5. The smallest absolute Gasteiger partial charge is 0.339 e. The number of amides is 2. The lowest BCUT2D eigenvalue weighted by molar-refractivity contribution is -0.126. The molecule has 1 aliphatic carbocycles. The van der Waals surface area contributed by atoms with Crippen molar-refractivity contribution in [3.63, 3.8) is 0 Å². The molecule has 2 aliphatic rings. The van der Waals surface area contributed by atoms with E-state index in [0.717, 1.165) is 32.1 Å². The number of hydrogen-bond donors (Lipinski definition) is 2. The molecule has 0 unspecified atom stereocenters. The van der Waals surface area contributed by atoms with E-state index < -0.39 is 5.97 Å². The van der Waals surface area contributed by atoms with E-state index >= 15 is 0 Å². The van der Waals surface area contributed by atoms with Crippen molar-refractivity contribution in [2.75, 3.05) is 26.7 Å². The minimum atomic E-state index is -0.454. The number of carbonyl (C=O) groups excluding carboxylic acids is 3. The van der Waals surface area contributed by atoms with Gasteiger partial charge in [0.15, 0.2) is 0 Å². The highest BCUT2D eigenvalue weighted by Gasteiger charge is 2.31. The lowest BCUT2D eigenvalue weighted by Gasteiger charge is -2.32. The Morgan fingerprint density at radius 3 is 2.73 bits per heavy atom. The Bertz CT molecular complexity index is 840. The van der Waals surface area contributed by atoms with Gasteiger partial charge in [-0.1, -0.05) is 11.6 Å². The number of rotatable bonds is 6. The summed E-state index contributed by atoms with van der Waals surface area (Å²) in [7, 11) is 1.33. The molecule has 7 heteroatoms. The van der Waals surface area contributed by atoms with Crippen LogP contribution in [0.1, 0.15) is 77.0 Å². The molecule has 2 heterocycles. The lowest BCUT2D eigenvalue weighted by atomic mass is 9.95. The number of carbonyl (C=O) groups is 3. The molecule has 0 bridgehead atoms. The maximum Gasteiger partial charge on any atom is 0.339 e. The van der Waals surface area contributed by atoms with E-state index in [2.05, 4.69) is 16.4 Å². The molecule has 2 amide bonds. The maximum absolute atomic E-state index is 13.1. The number of methoxy groups -OCH3 is 1. The van der Waals surface area contributed by atoms with Crippen LogP contribution in [-0.4, -0.2) is 54.4 Å². The number of nitrogens with one attached hydrogen (secondary N) is 2. The fraction of sp³-hybridized carbons (Fsp3) is 0.609. The van der Waals surface area contributed by atoms with Crippen molar-refractivity contribution in [2.45, 2.75) is 58.8 Å². The van der Waals surface area contributed by atoms with Gasteiger partial charge in [0, 0.05) is 25.3 Å². The van der Waals surface area contributed by atoms with Gasteiger partial charge in [-0.2, -0.15) is 0 Å². The van der Waals surface area contributed by atoms with Gasteiger partial charge >= 0.3 is 5.97 Å². The molecule has 1 saturated heterocycles. The average molecular weight is 416 g/mol. The summed E-state index contributed by atoms with van der Waals surface area (Å²) >= 11 is 0. The molecule has 1 atom stereocenters. The molecule has 1 aromatic heterocycles. The van der Waals surface area contributed by atoms with E-state index in [9.17, 15) is 14.4 Å². The van der Waals surface area contributed by atoms with Crippen molar-refractivity contribution >= 4 is 17.8 Å². The molecule has 7 nitrogen and oxygen atoms in total. The van der Waals surface area contributed by atoms with E-state index in [1.165, 1.54) is 25.5 Å². The molecule has 0 aromatic carbocycles. The summed E-state index contributed by atoms with van der Waals surface area (Å²) in [6.07, 6.45) is 9.60. The number of nitrogens with zero attached hydrogens (tertiary/aromatic N) is 1. The molecule has 0 saturated carbocycles. The van der Waals surface area contributed by atoms with Crippen LogP contribution in [0.4, 0.5) is 0 Å². The van der Waals surface area contributed by atoms with Crippen LogP contribution in [-0.2, 0) is 9.53 Å². The van der Waals surface area contributed by atoms with Crippen LogP contribution in [0.5, 0.6) is 0 Å². The van der Waals surface area contributed by atoms with Crippen LogP contribution in [0.3, 0.4) is 0 Å². The molecule has 30 heavy (non-hydrogen) atoms. The van der Waals surface area contributed by atoms with E-state index in [-0.39, 0.29) is 17.7 Å². The number of ether oxygens (including phenoxy) is 1. The molecule has 1 aromatic rings. The molecule has 164 valence electrons. The summed E-state index contributed by atoms with van der Waals surface area (Å²) < 4.78 is 4.83. The lowest BCUT2D eigenvalue weighted by Crippen LogP contribution is -2.45. The Hall–Kier alpha value is -2.57. The minimum Gasteiger partial charge on any atom is -0.465 e. The van der Waals surface area contributed by atoms with Crippen molar-refractivity contribution in [3.05, 3.63) is 34.2 Å². The van der Waals surface area contributed by atoms with E-state index in [0.29, 0.717) is 42.1 Å². The molecule has 2 N–H and O–H groups in total. The Kier molecular flexibility index (Phi) is 7.34. The Morgan fingerprint density at radius 2 is 2.03 bits per heavy atom. The van der Waals surface area contributed by atoms with Gasteiger partial charge in [0.1, 0.15) is 5.69 Å². The van der Waals surface area contributed by atoms with Gasteiger partial charge in [-0.25, -0.2) is 4.79 Å². The predicted octanol–water partition coefficient (Wildman–Crippen LogP) is 3.28. The fourth-order valence-electron chi connectivity index (χ4n) is 4.53. The minimum absolute atomic E-state index is 0.0264. The summed E-state index contributed by atoms with van der Waals surface area (Å²) in [6.45, 7) is 5.17. The monoisotopic (exact) mass is 415 g/mol. The van der Waals surface area contributed by atoms with Crippen LogP contribution in [0, 0.1) is 19.8 Å². The number of allylic oxidation sites excluding steroid dienone is 1. The van der Waals surface area contributed by atoms with E-state index in [1.807, 2.05) is 0 Å². The van der Waals surface area contributed by atoms with Gasteiger partial charge in [0.25, 0.3) is 5.91 Å². The van der Waals surface area contributed by atoms with Gasteiger partial charge in [-0.15, -0.1) is 0 Å². The first-order chi connectivity index (χ1) is 14.4. The van der Waals surface area contributed by atoms with Gasteiger partial charge in [-0.3, -0.25) is 9.59 Å². The van der Waals surface area contributed by atoms with Crippen molar-refractivity contribution < 1.29 is 19.1 Å². The maximum atomic E-state index is 13.1. The van der Waals surface area contributed by atoms with Gasteiger partial charge in [-0.05, 0) is 64.4 Å². The Labute approximate surface area is 178 Å². The number of piperidine rings is 1. The van der Waals surface area contributed by atoms with Crippen LogP contribution < -0.4 is 5.32 Å². The topological polar surface area (TPSA) is 91.5 Å². The third kappa shape index (κ3) is 4.94. The Morgan fingerprint density at radius 1 is 1.23 bits per heavy atom. The number of aromatic nitrogens is 1. The van der Waals surface area contributed by atoms with Gasteiger partial charge < -0.3 is 19.9 Å². The first kappa shape index (κ1) is 22.1. The predicted molar refractivity (Wildman–Crippen MR) is 114 cm³/mol. The standard InChI is InChI=1S/C23H33N3O4/c1-15-19(23(29)30-3)16(2)25-20(15)22(28)26-13-7-10-18(14-26)21(27)24-12-11-17-8-5-4-6-9-17/h8,18,25H,4-7,9-14H2,1-3H3,(H,24,27)/t18-/m1/s1. The molecular weight excluding hydrogens is 382 g/mol. The highest BCUT2D eigenvalue weighted by atomic mass is 16.5. The van der Waals surface area contributed by atoms with Crippen molar-refractivity contribution in [2.24, 2.45) is 5.92 Å². The SMILES string of the molecule is COC(=O)c1c(C)[nH]c(C(=O)N2CCC[C@@H](C(=O)NCCC3=CCCCC3)C2)c1C.